The second-order valence-electron chi connectivity index (χ2n) is 5.31. The Bertz CT molecular complexity index is 628. The van der Waals surface area contributed by atoms with Crippen LogP contribution >= 0.6 is 11.6 Å². The zero-order valence-electron chi connectivity index (χ0n) is 11.4. The fourth-order valence-corrected chi connectivity index (χ4v) is 2.78. The Morgan fingerprint density at radius 3 is 2.58 bits per heavy atom. The summed E-state index contributed by atoms with van der Waals surface area (Å²) in [7, 11) is 1.76. The molecule has 6 heteroatoms. The molecule has 1 saturated carbocycles. The molecule has 1 aliphatic rings. The largest absolute Gasteiger partial charge is 0.378 e. The summed E-state index contributed by atoms with van der Waals surface area (Å²) in [5, 5.41) is 13.4. The lowest BCUT2D eigenvalue weighted by Crippen LogP contribution is -2.41. The SMILES string of the molecule is COC1(Cc2nnc3c(C)c(C)c(Cl)nn23)CCC1. The Morgan fingerprint density at radius 1 is 1.26 bits per heavy atom. The lowest BCUT2D eigenvalue weighted by atomic mass is 9.77. The van der Waals surface area contributed by atoms with Gasteiger partial charge in [0.15, 0.2) is 16.6 Å². The molecule has 0 radical (unpaired) electrons. The van der Waals surface area contributed by atoms with E-state index in [0.717, 1.165) is 41.9 Å². The van der Waals surface area contributed by atoms with E-state index in [1.165, 1.54) is 6.42 Å². The van der Waals surface area contributed by atoms with Crippen molar-refractivity contribution in [3.8, 4) is 0 Å². The second-order valence-corrected chi connectivity index (χ2v) is 5.67. The van der Waals surface area contributed by atoms with Gasteiger partial charge in [-0.05, 0) is 38.7 Å². The quantitative estimate of drug-likeness (QED) is 0.867. The molecule has 0 aromatic carbocycles. The molecule has 1 fully saturated rings. The van der Waals surface area contributed by atoms with Gasteiger partial charge in [0, 0.05) is 19.1 Å². The topological polar surface area (TPSA) is 52.3 Å². The van der Waals surface area contributed by atoms with E-state index in [9.17, 15) is 0 Å². The number of methoxy groups -OCH3 is 1. The van der Waals surface area contributed by atoms with Crippen LogP contribution in [0.2, 0.25) is 5.15 Å². The maximum Gasteiger partial charge on any atom is 0.181 e. The van der Waals surface area contributed by atoms with Crippen molar-refractivity contribution in [3.05, 3.63) is 22.1 Å². The molecular weight excluding hydrogens is 264 g/mol. The minimum absolute atomic E-state index is 0.0874. The highest BCUT2D eigenvalue weighted by molar-refractivity contribution is 6.30. The number of rotatable bonds is 3. The first-order valence-electron chi connectivity index (χ1n) is 6.48. The molecule has 5 nitrogen and oxygen atoms in total. The van der Waals surface area contributed by atoms with E-state index in [2.05, 4.69) is 15.3 Å². The molecule has 0 amide bonds. The molecule has 0 aliphatic heterocycles. The van der Waals surface area contributed by atoms with Gasteiger partial charge in [-0.1, -0.05) is 11.6 Å². The molecule has 2 aromatic rings. The van der Waals surface area contributed by atoms with E-state index >= 15 is 0 Å². The summed E-state index contributed by atoms with van der Waals surface area (Å²) in [6, 6.07) is 0. The Hall–Kier alpha value is -1.20. The molecule has 0 atom stereocenters. The van der Waals surface area contributed by atoms with Crippen LogP contribution in [0.25, 0.3) is 5.65 Å². The van der Waals surface area contributed by atoms with Crippen LogP contribution in [0.1, 0.15) is 36.2 Å². The number of aryl methyl sites for hydroxylation is 1. The summed E-state index contributed by atoms with van der Waals surface area (Å²) in [5.41, 5.74) is 2.68. The van der Waals surface area contributed by atoms with Gasteiger partial charge in [-0.3, -0.25) is 0 Å². The van der Waals surface area contributed by atoms with Crippen molar-refractivity contribution in [2.45, 2.75) is 45.1 Å². The Labute approximate surface area is 116 Å². The summed E-state index contributed by atoms with van der Waals surface area (Å²) >= 11 is 6.16. The average Bonchev–Trinajstić information content (AvgIpc) is 2.74. The van der Waals surface area contributed by atoms with Gasteiger partial charge in [-0.2, -0.15) is 9.61 Å². The molecule has 2 heterocycles. The third-order valence-electron chi connectivity index (χ3n) is 4.28. The number of aromatic nitrogens is 4. The van der Waals surface area contributed by atoms with Gasteiger partial charge in [0.2, 0.25) is 0 Å². The summed E-state index contributed by atoms with van der Waals surface area (Å²) in [4.78, 5) is 0. The highest BCUT2D eigenvalue weighted by atomic mass is 35.5. The van der Waals surface area contributed by atoms with Crippen molar-refractivity contribution in [2.24, 2.45) is 0 Å². The molecule has 0 N–H and O–H groups in total. The van der Waals surface area contributed by atoms with Crippen LogP contribution < -0.4 is 0 Å². The van der Waals surface area contributed by atoms with E-state index in [4.69, 9.17) is 16.3 Å². The summed E-state index contributed by atoms with van der Waals surface area (Å²) in [5.74, 6) is 0.821. The summed E-state index contributed by atoms with van der Waals surface area (Å²) in [6.07, 6.45) is 4.07. The number of ether oxygens (including phenoxy) is 1. The minimum Gasteiger partial charge on any atom is -0.378 e. The molecule has 102 valence electrons. The standard InChI is InChI=1S/C13H17ClN4O/c1-8-9(2)12-16-15-10(18(12)17-11(8)14)7-13(19-3)5-4-6-13/h4-7H2,1-3H3. The normalized spacial score (nSPS) is 17.7. The van der Waals surface area contributed by atoms with Crippen LogP contribution in [0.15, 0.2) is 0 Å². The maximum atomic E-state index is 6.16. The van der Waals surface area contributed by atoms with Crippen LogP contribution in [0, 0.1) is 13.8 Å². The van der Waals surface area contributed by atoms with Crippen LogP contribution in [-0.4, -0.2) is 32.5 Å². The van der Waals surface area contributed by atoms with Crippen molar-refractivity contribution >= 4 is 17.2 Å². The Balaban J connectivity index is 2.06. The maximum absolute atomic E-state index is 6.16. The van der Waals surface area contributed by atoms with Crippen molar-refractivity contribution < 1.29 is 4.74 Å². The van der Waals surface area contributed by atoms with E-state index in [-0.39, 0.29) is 5.60 Å². The third kappa shape index (κ3) is 1.92. The lowest BCUT2D eigenvalue weighted by Gasteiger charge is -2.39. The number of fused-ring (bicyclic) bond motifs is 1. The third-order valence-corrected chi connectivity index (χ3v) is 4.64. The minimum atomic E-state index is -0.0874. The Morgan fingerprint density at radius 2 is 2.00 bits per heavy atom. The zero-order chi connectivity index (χ0) is 13.6. The van der Waals surface area contributed by atoms with Crippen LogP contribution in [0.4, 0.5) is 0 Å². The number of hydrogen-bond donors (Lipinski definition) is 0. The van der Waals surface area contributed by atoms with E-state index in [1.54, 1.807) is 11.6 Å². The van der Waals surface area contributed by atoms with Crippen molar-refractivity contribution in [3.63, 3.8) is 0 Å². The highest BCUT2D eigenvalue weighted by Crippen LogP contribution is 2.37. The first-order chi connectivity index (χ1) is 9.06. The number of halogens is 1. The van der Waals surface area contributed by atoms with Crippen LogP contribution in [0.5, 0.6) is 0 Å². The van der Waals surface area contributed by atoms with Crippen LogP contribution in [-0.2, 0) is 11.2 Å². The lowest BCUT2D eigenvalue weighted by molar-refractivity contribution is -0.0724. The first kappa shape index (κ1) is 12.8. The Kier molecular flexibility index (Phi) is 2.98. The predicted octanol–water partition coefficient (Wildman–Crippen LogP) is 2.51. The fourth-order valence-electron chi connectivity index (χ4n) is 2.56. The predicted molar refractivity (Wildman–Crippen MR) is 72.6 cm³/mol. The second kappa shape index (κ2) is 4.42. The van der Waals surface area contributed by atoms with Gasteiger partial charge in [0.05, 0.1) is 5.60 Å². The van der Waals surface area contributed by atoms with Gasteiger partial charge < -0.3 is 4.74 Å². The van der Waals surface area contributed by atoms with Gasteiger partial charge >= 0.3 is 0 Å². The van der Waals surface area contributed by atoms with E-state index in [1.807, 2.05) is 13.8 Å². The first-order valence-corrected chi connectivity index (χ1v) is 6.86. The van der Waals surface area contributed by atoms with Gasteiger partial charge in [0.25, 0.3) is 0 Å². The van der Waals surface area contributed by atoms with Gasteiger partial charge in [-0.25, -0.2) is 0 Å². The molecule has 0 saturated heterocycles. The van der Waals surface area contributed by atoms with Crippen LogP contribution in [0.3, 0.4) is 0 Å². The monoisotopic (exact) mass is 280 g/mol. The number of nitrogens with zero attached hydrogens (tertiary/aromatic N) is 4. The molecule has 0 spiro atoms. The fraction of sp³-hybridized carbons (Fsp3) is 0.615. The molecule has 19 heavy (non-hydrogen) atoms. The zero-order valence-corrected chi connectivity index (χ0v) is 12.2. The highest BCUT2D eigenvalue weighted by Gasteiger charge is 2.38. The van der Waals surface area contributed by atoms with Gasteiger partial charge in [0.1, 0.15) is 0 Å². The molecule has 2 aromatic heterocycles. The van der Waals surface area contributed by atoms with Crippen molar-refractivity contribution in [1.82, 2.24) is 19.8 Å². The summed E-state index contributed by atoms with van der Waals surface area (Å²) < 4.78 is 7.39. The van der Waals surface area contributed by atoms with Gasteiger partial charge in [-0.15, -0.1) is 10.2 Å². The molecular formula is C13H17ClN4O. The smallest absolute Gasteiger partial charge is 0.181 e. The molecule has 0 unspecified atom stereocenters. The van der Waals surface area contributed by atoms with E-state index in [0.29, 0.717) is 5.15 Å². The van der Waals surface area contributed by atoms with Crippen molar-refractivity contribution in [2.75, 3.05) is 7.11 Å². The van der Waals surface area contributed by atoms with Crippen molar-refractivity contribution in [1.29, 1.82) is 0 Å². The average molecular weight is 281 g/mol. The molecule has 3 rings (SSSR count). The molecule has 0 bridgehead atoms. The number of hydrogen-bond acceptors (Lipinski definition) is 4. The summed E-state index contributed by atoms with van der Waals surface area (Å²) in [6.45, 7) is 3.94. The van der Waals surface area contributed by atoms with E-state index < -0.39 is 0 Å². The molecule has 1 aliphatic carbocycles.